The van der Waals surface area contributed by atoms with Crippen LogP contribution in [-0.2, 0) is 34.3 Å². The van der Waals surface area contributed by atoms with E-state index in [-0.39, 0.29) is 10.5 Å². The van der Waals surface area contributed by atoms with E-state index in [1.165, 1.54) is 30.5 Å². The molecule has 0 aliphatic carbocycles. The van der Waals surface area contributed by atoms with Crippen LogP contribution in [0.5, 0.6) is 0 Å². The second-order valence-corrected chi connectivity index (χ2v) is 11.9. The number of nitrogens with zero attached hydrogens (tertiary/aromatic N) is 2. The first kappa shape index (κ1) is 30.4. The number of nitrogens with one attached hydrogen (secondary N) is 4. The zero-order valence-corrected chi connectivity index (χ0v) is 24.5. The highest BCUT2D eigenvalue weighted by molar-refractivity contribution is 7.89. The number of guanidine groups is 1. The highest BCUT2D eigenvalue weighted by Crippen LogP contribution is 2.17. The number of pyridine rings is 1. The average molecular weight is 617 g/mol. The van der Waals surface area contributed by atoms with Crippen molar-refractivity contribution in [2.45, 2.75) is 30.4 Å². The van der Waals surface area contributed by atoms with Crippen LogP contribution >= 0.6 is 0 Å². The first-order valence-electron chi connectivity index (χ1n) is 14.0. The highest BCUT2D eigenvalue weighted by atomic mass is 32.2. The zero-order chi connectivity index (χ0) is 31.1. The van der Waals surface area contributed by atoms with E-state index in [1.54, 1.807) is 18.2 Å². The van der Waals surface area contributed by atoms with Gasteiger partial charge in [0.05, 0.1) is 17.0 Å². The van der Waals surface area contributed by atoms with Crippen LogP contribution in [-0.4, -0.2) is 61.6 Å². The van der Waals surface area contributed by atoms with E-state index in [4.69, 9.17) is 0 Å². The van der Waals surface area contributed by atoms with Gasteiger partial charge in [0, 0.05) is 37.8 Å². The number of aromatic nitrogens is 1. The van der Waals surface area contributed by atoms with Crippen LogP contribution in [0.2, 0.25) is 0 Å². The Morgan fingerprint density at radius 3 is 2.41 bits per heavy atom. The Kier molecular flexibility index (Phi) is 9.36. The van der Waals surface area contributed by atoms with Crippen molar-refractivity contribution in [1.29, 1.82) is 0 Å². The molecule has 1 aliphatic rings. The number of aryl methyl sites for hydroxylation is 2. The molecule has 0 saturated carbocycles. The lowest BCUT2D eigenvalue weighted by molar-refractivity contribution is -0.138. The third-order valence-electron chi connectivity index (χ3n) is 7.12. The van der Waals surface area contributed by atoms with E-state index in [0.717, 1.165) is 17.7 Å². The van der Waals surface area contributed by atoms with Crippen LogP contribution in [0.3, 0.4) is 0 Å². The molecule has 228 valence electrons. The van der Waals surface area contributed by atoms with E-state index in [2.05, 4.69) is 25.7 Å². The molecule has 0 fully saturated rings. The fourth-order valence-corrected chi connectivity index (χ4v) is 6.02. The summed E-state index contributed by atoms with van der Waals surface area (Å²) in [5, 5.41) is 18.8. The average Bonchev–Trinajstić information content (AvgIpc) is 3.56. The van der Waals surface area contributed by atoms with Crippen molar-refractivity contribution in [2.24, 2.45) is 4.99 Å². The van der Waals surface area contributed by atoms with Gasteiger partial charge in [-0.3, -0.25) is 19.4 Å². The second kappa shape index (κ2) is 13.5. The number of hydrogen-bond acceptors (Lipinski definition) is 8. The van der Waals surface area contributed by atoms with Crippen molar-refractivity contribution in [2.75, 3.05) is 19.6 Å². The minimum atomic E-state index is -4.17. The third kappa shape index (κ3) is 7.30. The predicted octanol–water partition coefficient (Wildman–Crippen LogP) is 1.45. The minimum absolute atomic E-state index is 0.115. The molecule has 0 bridgehead atoms. The number of carbonyl (C=O) groups is 2. The maximum absolute atomic E-state index is 13.5. The smallest absolute Gasteiger partial charge is 0.323 e. The van der Waals surface area contributed by atoms with Crippen molar-refractivity contribution in [1.82, 2.24) is 25.2 Å². The molecular formula is C31H32N6O6S. The molecule has 4 aromatic rings. The molecule has 13 heteroatoms. The fraction of sp³-hybridized carbons (Fsp3) is 0.226. The number of carboxylic acids is 1. The molecule has 1 aliphatic heterocycles. The Hall–Kier alpha value is -5.01. The van der Waals surface area contributed by atoms with E-state index in [0.29, 0.717) is 42.9 Å². The molecule has 1 aromatic heterocycles. The number of rotatable bonds is 12. The number of carbonyl (C=O) groups excluding carboxylic acids is 1. The Morgan fingerprint density at radius 2 is 1.73 bits per heavy atom. The number of aliphatic carboxylic acids is 1. The molecule has 0 spiro atoms. The lowest BCUT2D eigenvalue weighted by atomic mass is 10.1. The summed E-state index contributed by atoms with van der Waals surface area (Å²) in [7, 11) is -4.17. The van der Waals surface area contributed by atoms with E-state index < -0.39 is 39.9 Å². The number of carboxylic acid groups (broad SMARTS) is 1. The first-order valence-corrected chi connectivity index (χ1v) is 15.5. The zero-order valence-electron chi connectivity index (χ0n) is 23.7. The van der Waals surface area contributed by atoms with Crippen LogP contribution in [0.4, 0.5) is 0 Å². The van der Waals surface area contributed by atoms with Crippen molar-refractivity contribution in [3.63, 3.8) is 0 Å². The van der Waals surface area contributed by atoms with Gasteiger partial charge >= 0.3 is 5.97 Å². The summed E-state index contributed by atoms with van der Waals surface area (Å²) in [5.74, 6) is -1.58. The summed E-state index contributed by atoms with van der Waals surface area (Å²) in [6, 6.07) is 20.8. The molecule has 2 heterocycles. The van der Waals surface area contributed by atoms with Gasteiger partial charge < -0.3 is 25.6 Å². The van der Waals surface area contributed by atoms with E-state index in [9.17, 15) is 27.9 Å². The van der Waals surface area contributed by atoms with Gasteiger partial charge in [-0.25, -0.2) is 8.42 Å². The Labute approximate surface area is 253 Å². The topological polar surface area (TPSA) is 171 Å². The van der Waals surface area contributed by atoms with Gasteiger partial charge in [-0.15, -0.1) is 0 Å². The van der Waals surface area contributed by atoms with Gasteiger partial charge in [-0.1, -0.05) is 54.6 Å². The fourth-order valence-electron chi connectivity index (χ4n) is 4.81. The number of amides is 1. The molecular weight excluding hydrogens is 584 g/mol. The minimum Gasteiger partial charge on any atom is -0.480 e. The van der Waals surface area contributed by atoms with E-state index in [1.807, 2.05) is 41.0 Å². The largest absolute Gasteiger partial charge is 0.480 e. The van der Waals surface area contributed by atoms with Crippen LogP contribution < -0.4 is 26.1 Å². The van der Waals surface area contributed by atoms with Gasteiger partial charge in [-0.05, 0) is 41.8 Å². The molecule has 44 heavy (non-hydrogen) atoms. The number of aliphatic imine (C=N–C) groups is 1. The maximum Gasteiger partial charge on any atom is 0.323 e. The standard InChI is InChI=1S/C31H32N6O6S/c38-28-24-12-11-22(18-35-31-32-14-15-33-31)17-27(24)37(16-13-21-7-3-1-4-8-21)20-25(28)29(39)34-19-26(30(40)41)36-44(42,43)23-9-5-2-6-10-23/h1-12,17,20,26,36H,13-16,18-19H2,(H,34,39)(H,40,41)(H2,32,33,35). The summed E-state index contributed by atoms with van der Waals surface area (Å²) in [5.41, 5.74) is 1.92. The quantitative estimate of drug-likeness (QED) is 0.159. The number of hydrogen-bond donors (Lipinski definition) is 5. The molecule has 0 radical (unpaired) electrons. The first-order chi connectivity index (χ1) is 21.2. The molecule has 3 aromatic carbocycles. The molecule has 5 rings (SSSR count). The van der Waals surface area contributed by atoms with Crippen molar-refractivity contribution in [3.8, 4) is 0 Å². The lowest BCUT2D eigenvalue weighted by Crippen LogP contribution is -2.48. The Morgan fingerprint density at radius 1 is 1.00 bits per heavy atom. The van der Waals surface area contributed by atoms with Crippen molar-refractivity contribution < 1.29 is 23.1 Å². The van der Waals surface area contributed by atoms with Crippen molar-refractivity contribution in [3.05, 3.63) is 112 Å². The normalized spacial score (nSPS) is 13.6. The number of sulfonamides is 1. The summed E-state index contributed by atoms with van der Waals surface area (Å²) in [6.07, 6.45) is 2.10. The highest BCUT2D eigenvalue weighted by Gasteiger charge is 2.26. The predicted molar refractivity (Wildman–Crippen MR) is 166 cm³/mol. The van der Waals surface area contributed by atoms with Crippen molar-refractivity contribution >= 4 is 38.8 Å². The third-order valence-corrected chi connectivity index (χ3v) is 8.61. The molecule has 5 N–H and O–H groups in total. The second-order valence-electron chi connectivity index (χ2n) is 10.2. The Bertz CT molecular complexity index is 1860. The maximum atomic E-state index is 13.5. The summed E-state index contributed by atoms with van der Waals surface area (Å²) < 4.78 is 29.3. The summed E-state index contributed by atoms with van der Waals surface area (Å²) in [4.78, 5) is 42.9. The van der Waals surface area contributed by atoms with Crippen LogP contribution in [0.1, 0.15) is 21.5 Å². The van der Waals surface area contributed by atoms with E-state index >= 15 is 0 Å². The molecule has 0 saturated heterocycles. The van der Waals surface area contributed by atoms with Gasteiger partial charge in [0.25, 0.3) is 5.91 Å². The summed E-state index contributed by atoms with van der Waals surface area (Å²) in [6.45, 7) is 1.84. The SMILES string of the molecule is O=C(NCC(NS(=O)(=O)c1ccccc1)C(=O)O)c1cn(CCc2ccccc2)c2cc(CNC3=NCCN3)ccc2c1=O. The Balaban J connectivity index is 1.40. The molecule has 1 unspecified atom stereocenters. The van der Waals surface area contributed by atoms with Gasteiger partial charge in [0.15, 0.2) is 5.96 Å². The number of benzene rings is 3. The van der Waals surface area contributed by atoms with Gasteiger partial charge in [0.1, 0.15) is 11.6 Å². The molecule has 12 nitrogen and oxygen atoms in total. The lowest BCUT2D eigenvalue weighted by Gasteiger charge is -2.17. The summed E-state index contributed by atoms with van der Waals surface area (Å²) >= 11 is 0. The molecule has 1 amide bonds. The van der Waals surface area contributed by atoms with Crippen LogP contribution in [0.15, 0.2) is 99.7 Å². The van der Waals surface area contributed by atoms with Crippen LogP contribution in [0, 0.1) is 0 Å². The van der Waals surface area contributed by atoms with Gasteiger partial charge in [-0.2, -0.15) is 4.72 Å². The monoisotopic (exact) mass is 616 g/mol. The number of fused-ring (bicyclic) bond motifs is 1. The molecule has 1 atom stereocenters. The van der Waals surface area contributed by atoms with Crippen LogP contribution in [0.25, 0.3) is 10.9 Å². The van der Waals surface area contributed by atoms with Gasteiger partial charge in [0.2, 0.25) is 15.5 Å².